The van der Waals surface area contributed by atoms with E-state index >= 15 is 0 Å². The van der Waals surface area contributed by atoms with E-state index in [1.165, 1.54) is 18.4 Å². The fraction of sp³-hybridized carbons (Fsp3) is 0.550. The Bertz CT molecular complexity index is 702. The molecule has 2 aliphatic rings. The minimum Gasteiger partial charge on any atom is -0.330 e. The van der Waals surface area contributed by atoms with Crippen molar-refractivity contribution in [3.8, 4) is 0 Å². The first kappa shape index (κ1) is 18.6. The van der Waals surface area contributed by atoms with Crippen molar-refractivity contribution < 1.29 is 14.4 Å². The van der Waals surface area contributed by atoms with E-state index in [0.29, 0.717) is 18.5 Å². The number of aryl methyl sites for hydroxylation is 1. The number of carbonyl (C=O) groups excluding carboxylic acids is 3. The van der Waals surface area contributed by atoms with E-state index in [-0.39, 0.29) is 24.1 Å². The van der Waals surface area contributed by atoms with Crippen molar-refractivity contribution in [3.63, 3.8) is 0 Å². The Morgan fingerprint density at radius 2 is 1.85 bits per heavy atom. The molecule has 1 unspecified atom stereocenters. The summed E-state index contributed by atoms with van der Waals surface area (Å²) < 4.78 is 0. The van der Waals surface area contributed by atoms with Crippen LogP contribution in [0.1, 0.15) is 66.4 Å². The highest BCUT2D eigenvalue weighted by Crippen LogP contribution is 2.30. The van der Waals surface area contributed by atoms with Crippen LogP contribution in [0.15, 0.2) is 18.2 Å². The van der Waals surface area contributed by atoms with Crippen LogP contribution in [0.2, 0.25) is 0 Å². The van der Waals surface area contributed by atoms with E-state index in [4.69, 9.17) is 5.73 Å². The predicted octanol–water partition coefficient (Wildman–Crippen LogP) is 1.90. The van der Waals surface area contributed by atoms with Crippen LogP contribution >= 0.6 is 0 Å². The number of amides is 3. The number of unbranched alkanes of at least 4 members (excludes halogenated alkanes) is 4. The fourth-order valence-corrected chi connectivity index (χ4v) is 3.87. The molecular formula is C20H27N3O3. The van der Waals surface area contributed by atoms with Crippen LogP contribution in [-0.4, -0.2) is 35.2 Å². The van der Waals surface area contributed by atoms with Gasteiger partial charge in [0.05, 0.1) is 0 Å². The van der Waals surface area contributed by atoms with Gasteiger partial charge in [-0.05, 0) is 49.4 Å². The summed E-state index contributed by atoms with van der Waals surface area (Å²) in [7, 11) is 0. The van der Waals surface area contributed by atoms with E-state index in [1.807, 2.05) is 12.1 Å². The summed E-state index contributed by atoms with van der Waals surface area (Å²) >= 11 is 0. The summed E-state index contributed by atoms with van der Waals surface area (Å²) in [6, 6.07) is 5.31. The lowest BCUT2D eigenvalue weighted by Crippen LogP contribution is -2.52. The molecule has 0 aromatic heterocycles. The first-order chi connectivity index (χ1) is 12.6. The molecule has 1 atom stereocenters. The number of fused-ring (bicyclic) bond motifs is 1. The second-order valence-electron chi connectivity index (χ2n) is 7.15. The average Bonchev–Trinajstić information content (AvgIpc) is 2.96. The van der Waals surface area contributed by atoms with Gasteiger partial charge in [-0.15, -0.1) is 0 Å². The summed E-state index contributed by atoms with van der Waals surface area (Å²) in [5.41, 5.74) is 8.47. The molecule has 0 bridgehead atoms. The smallest absolute Gasteiger partial charge is 0.255 e. The molecule has 140 valence electrons. The molecule has 0 saturated carbocycles. The second kappa shape index (κ2) is 8.45. The average molecular weight is 357 g/mol. The van der Waals surface area contributed by atoms with Crippen molar-refractivity contribution in [2.45, 2.75) is 64.0 Å². The summed E-state index contributed by atoms with van der Waals surface area (Å²) in [6.07, 6.45) is 7.33. The Morgan fingerprint density at radius 3 is 2.62 bits per heavy atom. The highest BCUT2D eigenvalue weighted by atomic mass is 16.2. The third-order valence-electron chi connectivity index (χ3n) is 5.33. The zero-order chi connectivity index (χ0) is 18.5. The Morgan fingerprint density at radius 1 is 1.08 bits per heavy atom. The molecule has 0 aliphatic carbocycles. The number of imide groups is 1. The second-order valence-corrected chi connectivity index (χ2v) is 7.15. The quantitative estimate of drug-likeness (QED) is 0.549. The van der Waals surface area contributed by atoms with Gasteiger partial charge in [0.1, 0.15) is 6.04 Å². The molecule has 1 aromatic rings. The molecule has 0 spiro atoms. The van der Waals surface area contributed by atoms with Crippen molar-refractivity contribution in [3.05, 3.63) is 34.9 Å². The largest absolute Gasteiger partial charge is 0.330 e. The fourth-order valence-electron chi connectivity index (χ4n) is 3.87. The number of nitrogens with one attached hydrogen (secondary N) is 1. The molecular weight excluding hydrogens is 330 g/mol. The standard InChI is InChI=1S/C20H27N3O3/c21-12-5-3-1-2-4-7-14-8-6-9-15-16(14)13-23(20(15)26)17-10-11-18(24)22-19(17)25/h6,8-9,17H,1-5,7,10-13,21H2,(H,22,24,25). The lowest BCUT2D eigenvalue weighted by molar-refractivity contribution is -0.136. The number of nitrogens with zero attached hydrogens (tertiary/aromatic N) is 1. The van der Waals surface area contributed by atoms with Crippen LogP contribution in [0.4, 0.5) is 0 Å². The van der Waals surface area contributed by atoms with E-state index < -0.39 is 6.04 Å². The molecule has 1 aromatic carbocycles. The highest BCUT2D eigenvalue weighted by molar-refractivity contribution is 6.05. The Labute approximate surface area is 154 Å². The molecule has 3 rings (SSSR count). The normalized spacial score (nSPS) is 19.7. The first-order valence-electron chi connectivity index (χ1n) is 9.57. The molecule has 2 heterocycles. The van der Waals surface area contributed by atoms with Gasteiger partial charge in [0.15, 0.2) is 0 Å². The number of nitrogens with two attached hydrogens (primary N) is 1. The van der Waals surface area contributed by atoms with Gasteiger partial charge < -0.3 is 10.6 Å². The number of benzene rings is 1. The molecule has 1 fully saturated rings. The van der Waals surface area contributed by atoms with Crippen LogP contribution in [0.25, 0.3) is 0 Å². The van der Waals surface area contributed by atoms with Crippen LogP contribution in [0.3, 0.4) is 0 Å². The third-order valence-corrected chi connectivity index (χ3v) is 5.33. The van der Waals surface area contributed by atoms with Crippen LogP contribution in [-0.2, 0) is 22.6 Å². The van der Waals surface area contributed by atoms with Gasteiger partial charge in [-0.25, -0.2) is 0 Å². The summed E-state index contributed by atoms with van der Waals surface area (Å²) in [5.74, 6) is -0.714. The number of carbonyl (C=O) groups is 3. The Hall–Kier alpha value is -2.21. The Balaban J connectivity index is 1.64. The van der Waals surface area contributed by atoms with Crippen molar-refractivity contribution in [1.29, 1.82) is 0 Å². The number of hydrogen-bond donors (Lipinski definition) is 2. The van der Waals surface area contributed by atoms with Gasteiger partial charge in [0, 0.05) is 18.5 Å². The highest BCUT2D eigenvalue weighted by Gasteiger charge is 2.39. The van der Waals surface area contributed by atoms with E-state index in [2.05, 4.69) is 11.4 Å². The molecule has 6 nitrogen and oxygen atoms in total. The zero-order valence-corrected chi connectivity index (χ0v) is 15.1. The maximum atomic E-state index is 12.8. The predicted molar refractivity (Wildman–Crippen MR) is 98.3 cm³/mol. The lowest BCUT2D eigenvalue weighted by Gasteiger charge is -2.29. The van der Waals surface area contributed by atoms with Crippen LogP contribution in [0, 0.1) is 0 Å². The summed E-state index contributed by atoms with van der Waals surface area (Å²) in [4.78, 5) is 37.9. The van der Waals surface area contributed by atoms with Crippen molar-refractivity contribution in [2.24, 2.45) is 5.73 Å². The molecule has 2 aliphatic heterocycles. The van der Waals surface area contributed by atoms with Crippen LogP contribution < -0.4 is 11.1 Å². The molecule has 0 radical (unpaired) electrons. The van der Waals surface area contributed by atoms with Crippen molar-refractivity contribution in [1.82, 2.24) is 10.2 Å². The topological polar surface area (TPSA) is 92.5 Å². The van der Waals surface area contributed by atoms with Gasteiger partial charge in [0.2, 0.25) is 11.8 Å². The monoisotopic (exact) mass is 357 g/mol. The summed E-state index contributed by atoms with van der Waals surface area (Å²) in [5, 5.41) is 2.35. The van der Waals surface area contributed by atoms with E-state index in [9.17, 15) is 14.4 Å². The van der Waals surface area contributed by atoms with Gasteiger partial charge in [-0.1, -0.05) is 31.4 Å². The van der Waals surface area contributed by atoms with Gasteiger partial charge in [-0.3, -0.25) is 19.7 Å². The molecule has 1 saturated heterocycles. The minimum atomic E-state index is -0.545. The van der Waals surface area contributed by atoms with Gasteiger partial charge in [0.25, 0.3) is 5.91 Å². The first-order valence-corrected chi connectivity index (χ1v) is 9.57. The van der Waals surface area contributed by atoms with E-state index in [0.717, 1.165) is 37.8 Å². The van der Waals surface area contributed by atoms with Crippen molar-refractivity contribution >= 4 is 17.7 Å². The summed E-state index contributed by atoms with van der Waals surface area (Å²) in [6.45, 7) is 1.22. The SMILES string of the molecule is NCCCCCCCc1cccc2c1CN(C1CCC(=O)NC1=O)C2=O. The number of rotatable bonds is 8. The van der Waals surface area contributed by atoms with Gasteiger partial charge >= 0.3 is 0 Å². The minimum absolute atomic E-state index is 0.0979. The van der Waals surface area contributed by atoms with Gasteiger partial charge in [-0.2, -0.15) is 0 Å². The third kappa shape index (κ3) is 3.96. The molecule has 3 amide bonds. The number of hydrogen-bond acceptors (Lipinski definition) is 4. The van der Waals surface area contributed by atoms with Crippen LogP contribution in [0.5, 0.6) is 0 Å². The maximum Gasteiger partial charge on any atom is 0.255 e. The maximum absolute atomic E-state index is 12.8. The molecule has 6 heteroatoms. The zero-order valence-electron chi connectivity index (χ0n) is 15.1. The Kier molecular flexibility index (Phi) is 6.04. The number of piperidine rings is 1. The van der Waals surface area contributed by atoms with E-state index in [1.54, 1.807) is 4.90 Å². The van der Waals surface area contributed by atoms with Crippen molar-refractivity contribution in [2.75, 3.05) is 6.54 Å². The lowest BCUT2D eigenvalue weighted by atomic mass is 9.98. The molecule has 3 N–H and O–H groups in total. The molecule has 26 heavy (non-hydrogen) atoms.